The molecule has 6 heavy (non-hydrogen) atoms. The van der Waals surface area contributed by atoms with E-state index in [1.807, 2.05) is 0 Å². The fourth-order valence-corrected chi connectivity index (χ4v) is 0.0430. The number of hydrogen-bond acceptors (Lipinski definition) is 2. The van der Waals surface area contributed by atoms with Gasteiger partial charge < -0.3 is 9.90 Å². The fraction of sp³-hybridized carbons (Fsp3) is 0.750. The lowest BCUT2D eigenvalue weighted by molar-refractivity contribution is -0.111. The Bertz CT molecular complexity index is 42.8. The van der Waals surface area contributed by atoms with Crippen LogP contribution < -0.4 is 0 Å². The molecule has 0 bridgehead atoms. The van der Waals surface area contributed by atoms with Gasteiger partial charge in [-0.3, -0.25) is 0 Å². The van der Waals surface area contributed by atoms with Gasteiger partial charge in [0, 0.05) is 5.92 Å². The van der Waals surface area contributed by atoms with Crippen LogP contribution in [0.1, 0.15) is 6.92 Å². The quantitative estimate of drug-likeness (QED) is 0.475. The molecule has 1 N–H and O–H groups in total. The molecule has 0 amide bonds. The largest absolute Gasteiger partial charge is 0.396 e. The number of aldehydes is 1. The Morgan fingerprint density at radius 3 is 2.50 bits per heavy atom. The van der Waals surface area contributed by atoms with E-state index in [1.54, 1.807) is 6.92 Å². The molecule has 36 valence electrons. The lowest BCUT2D eigenvalue weighted by atomic mass is 10.2. The lowest BCUT2D eigenvalue weighted by Gasteiger charge is -1.89. The van der Waals surface area contributed by atoms with Crippen molar-refractivity contribution in [3.8, 4) is 0 Å². The Morgan fingerprint density at radius 2 is 2.50 bits per heavy atom. The minimum Gasteiger partial charge on any atom is -0.396 e. The third-order valence-electron chi connectivity index (χ3n) is 0.520. The van der Waals surface area contributed by atoms with Crippen molar-refractivity contribution >= 4 is 6.29 Å². The van der Waals surface area contributed by atoms with Gasteiger partial charge in [-0.25, -0.2) is 0 Å². The highest BCUT2D eigenvalue weighted by Gasteiger charge is 1.90. The summed E-state index contributed by atoms with van der Waals surface area (Å²) in [5.41, 5.74) is 0. The maximum atomic E-state index is 9.58. The van der Waals surface area contributed by atoms with Crippen molar-refractivity contribution in [2.75, 3.05) is 6.61 Å². The number of aliphatic hydroxyl groups excluding tert-OH is 1. The van der Waals surface area contributed by atoms with Gasteiger partial charge in [-0.1, -0.05) is 6.92 Å². The van der Waals surface area contributed by atoms with Gasteiger partial charge in [0.25, 0.3) is 0 Å². The third-order valence-corrected chi connectivity index (χ3v) is 0.520. The SMILES string of the molecule is C[C@H](C=O)CO. The second-order valence-corrected chi connectivity index (χ2v) is 1.30. The van der Waals surface area contributed by atoms with Gasteiger partial charge in [-0.05, 0) is 0 Å². The van der Waals surface area contributed by atoms with Crippen LogP contribution >= 0.6 is 0 Å². The van der Waals surface area contributed by atoms with Crippen molar-refractivity contribution in [2.45, 2.75) is 6.92 Å². The van der Waals surface area contributed by atoms with Gasteiger partial charge in [-0.15, -0.1) is 0 Å². The minimum absolute atomic E-state index is 0.0382. The van der Waals surface area contributed by atoms with Crippen LogP contribution in [0.5, 0.6) is 0 Å². The van der Waals surface area contributed by atoms with Crippen molar-refractivity contribution < 1.29 is 9.90 Å². The van der Waals surface area contributed by atoms with Crippen molar-refractivity contribution in [1.82, 2.24) is 0 Å². The van der Waals surface area contributed by atoms with Gasteiger partial charge in [0.05, 0.1) is 6.61 Å². The number of aliphatic hydroxyl groups is 1. The summed E-state index contributed by atoms with van der Waals surface area (Å²) >= 11 is 0. The molecule has 0 fully saturated rings. The first-order chi connectivity index (χ1) is 2.81. The van der Waals surface area contributed by atoms with Crippen molar-refractivity contribution in [1.29, 1.82) is 0 Å². The molecule has 0 heterocycles. The summed E-state index contributed by atoms with van der Waals surface area (Å²) in [6.45, 7) is 1.62. The smallest absolute Gasteiger partial charge is 0.125 e. The van der Waals surface area contributed by atoms with Crippen LogP contribution in [0.25, 0.3) is 0 Å². The van der Waals surface area contributed by atoms with Crippen LogP contribution in [0.3, 0.4) is 0 Å². The zero-order valence-electron chi connectivity index (χ0n) is 3.72. The van der Waals surface area contributed by atoms with Crippen molar-refractivity contribution in [3.05, 3.63) is 0 Å². The minimum atomic E-state index is -0.190. The van der Waals surface area contributed by atoms with Crippen LogP contribution in [-0.4, -0.2) is 18.0 Å². The molecule has 0 aliphatic rings. The summed E-state index contributed by atoms with van der Waals surface area (Å²) in [4.78, 5) is 9.58. The summed E-state index contributed by atoms with van der Waals surface area (Å²) in [7, 11) is 0. The van der Waals surface area contributed by atoms with Gasteiger partial charge in [-0.2, -0.15) is 0 Å². The predicted octanol–water partition coefficient (Wildman–Crippen LogP) is -0.186. The van der Waals surface area contributed by atoms with E-state index in [0.717, 1.165) is 6.29 Å². The molecule has 0 unspecified atom stereocenters. The van der Waals surface area contributed by atoms with Gasteiger partial charge >= 0.3 is 0 Å². The fourth-order valence-electron chi connectivity index (χ4n) is 0.0430. The summed E-state index contributed by atoms with van der Waals surface area (Å²) in [5, 5.41) is 8.10. The summed E-state index contributed by atoms with van der Waals surface area (Å²) < 4.78 is 0. The maximum Gasteiger partial charge on any atom is 0.125 e. The average Bonchev–Trinajstić information content (AvgIpc) is 1.65. The van der Waals surface area contributed by atoms with Crippen LogP contribution in [0.2, 0.25) is 0 Å². The zero-order valence-corrected chi connectivity index (χ0v) is 3.72. The van der Waals surface area contributed by atoms with E-state index in [0.29, 0.717) is 0 Å². The molecule has 0 aliphatic carbocycles. The molecule has 0 radical (unpaired) electrons. The second kappa shape index (κ2) is 2.85. The molecule has 0 saturated carbocycles. The molecule has 0 rings (SSSR count). The average molecular weight is 88.1 g/mol. The Morgan fingerprint density at radius 1 is 2.00 bits per heavy atom. The van der Waals surface area contributed by atoms with Gasteiger partial charge in [0.1, 0.15) is 6.29 Å². The zero-order chi connectivity index (χ0) is 4.99. The van der Waals surface area contributed by atoms with Crippen LogP contribution in [0, 0.1) is 5.92 Å². The first kappa shape index (κ1) is 5.63. The molecule has 0 saturated heterocycles. The van der Waals surface area contributed by atoms with E-state index >= 15 is 0 Å². The molecule has 0 spiro atoms. The van der Waals surface area contributed by atoms with E-state index < -0.39 is 0 Å². The Labute approximate surface area is 36.8 Å². The summed E-state index contributed by atoms with van der Waals surface area (Å²) in [6.07, 6.45) is 0.722. The Hall–Kier alpha value is -0.370. The van der Waals surface area contributed by atoms with E-state index in [1.165, 1.54) is 0 Å². The molecule has 2 nitrogen and oxygen atoms in total. The number of carbonyl (C=O) groups is 1. The maximum absolute atomic E-state index is 9.58. The Balaban J connectivity index is 2.96. The molecular weight excluding hydrogens is 80.0 g/mol. The van der Waals surface area contributed by atoms with Crippen LogP contribution in [-0.2, 0) is 4.79 Å². The second-order valence-electron chi connectivity index (χ2n) is 1.30. The van der Waals surface area contributed by atoms with Crippen LogP contribution in [0.4, 0.5) is 0 Å². The monoisotopic (exact) mass is 88.1 g/mol. The molecular formula is C4H8O2. The normalized spacial score (nSPS) is 13.7. The number of carbonyl (C=O) groups excluding carboxylic acids is 1. The number of hydrogen-bond donors (Lipinski definition) is 1. The van der Waals surface area contributed by atoms with E-state index in [9.17, 15) is 4.79 Å². The van der Waals surface area contributed by atoms with Crippen LogP contribution in [0.15, 0.2) is 0 Å². The molecule has 0 aromatic carbocycles. The Kier molecular flexibility index (Phi) is 2.67. The van der Waals surface area contributed by atoms with Crippen molar-refractivity contribution in [3.63, 3.8) is 0 Å². The standard InChI is InChI=1S/C4H8O2/c1-4(2-5)3-6/h2,4,6H,3H2,1H3/t4-/m1/s1. The highest BCUT2D eigenvalue weighted by Crippen LogP contribution is 1.81. The van der Waals surface area contributed by atoms with E-state index in [4.69, 9.17) is 5.11 Å². The predicted molar refractivity (Wildman–Crippen MR) is 22.3 cm³/mol. The third kappa shape index (κ3) is 1.91. The van der Waals surface area contributed by atoms with Gasteiger partial charge in [0.15, 0.2) is 0 Å². The van der Waals surface area contributed by atoms with E-state index in [2.05, 4.69) is 0 Å². The molecule has 0 aromatic rings. The highest BCUT2D eigenvalue weighted by molar-refractivity contribution is 5.52. The molecule has 1 atom stereocenters. The summed E-state index contributed by atoms with van der Waals surface area (Å²) in [6, 6.07) is 0. The van der Waals surface area contributed by atoms with E-state index in [-0.39, 0.29) is 12.5 Å². The summed E-state index contributed by atoms with van der Waals surface area (Å²) in [5.74, 6) is -0.190. The number of rotatable bonds is 2. The van der Waals surface area contributed by atoms with Crippen molar-refractivity contribution in [2.24, 2.45) is 5.92 Å². The first-order valence-electron chi connectivity index (χ1n) is 1.87. The highest BCUT2D eigenvalue weighted by atomic mass is 16.3. The topological polar surface area (TPSA) is 37.3 Å². The molecule has 0 aromatic heterocycles. The van der Waals surface area contributed by atoms with Gasteiger partial charge in [0.2, 0.25) is 0 Å². The lowest BCUT2D eigenvalue weighted by Crippen LogP contribution is -1.99. The molecule has 0 aliphatic heterocycles. The molecule has 2 heteroatoms. The first-order valence-corrected chi connectivity index (χ1v) is 1.87.